The number of benzene rings is 3. The van der Waals surface area contributed by atoms with Crippen molar-refractivity contribution in [1.29, 1.82) is 0 Å². The van der Waals surface area contributed by atoms with Crippen molar-refractivity contribution in [3.05, 3.63) is 102 Å². The van der Waals surface area contributed by atoms with Crippen LogP contribution in [0.1, 0.15) is 37.0 Å². The molecule has 1 radical (unpaired) electrons. The van der Waals surface area contributed by atoms with Crippen molar-refractivity contribution in [3.8, 4) is 5.75 Å². The Hall–Kier alpha value is -2.63. The number of aryl methyl sites for hydroxylation is 1. The van der Waals surface area contributed by atoms with E-state index in [0.29, 0.717) is 30.9 Å². The summed E-state index contributed by atoms with van der Waals surface area (Å²) in [5, 5.41) is 10.6. The van der Waals surface area contributed by atoms with Crippen molar-refractivity contribution >= 4 is 10.0 Å². The van der Waals surface area contributed by atoms with Crippen LogP contribution in [0.2, 0.25) is 0 Å². The van der Waals surface area contributed by atoms with Crippen molar-refractivity contribution in [2.75, 3.05) is 0 Å². The molecule has 3 aromatic carbocycles. The second-order valence-corrected chi connectivity index (χ2v) is 9.55. The number of aromatic hydroxyl groups is 1. The van der Waals surface area contributed by atoms with Gasteiger partial charge in [0.05, 0.1) is 6.04 Å². The second-order valence-electron chi connectivity index (χ2n) is 7.90. The Bertz CT molecular complexity index is 1070. The van der Waals surface area contributed by atoms with E-state index < -0.39 is 10.0 Å². The summed E-state index contributed by atoms with van der Waals surface area (Å²) in [5.74, 6) is -0.190. The first-order valence-electron chi connectivity index (χ1n) is 10.7. The number of sulfonamides is 1. The number of phenolic OH excluding ortho intramolecular Hbond substituents is 1. The third-order valence-corrected chi connectivity index (χ3v) is 6.81. The van der Waals surface area contributed by atoms with Crippen LogP contribution < -0.4 is 4.72 Å². The average Bonchev–Trinajstić information content (AvgIpc) is 2.76. The van der Waals surface area contributed by atoms with Gasteiger partial charge in [-0.25, -0.2) is 13.1 Å². The molecular weight excluding hydrogens is 406 g/mol. The molecule has 0 amide bonds. The Kier molecular flexibility index (Phi) is 7.88. The zero-order valence-corrected chi connectivity index (χ0v) is 18.9. The van der Waals surface area contributed by atoms with E-state index in [0.717, 1.165) is 17.5 Å². The van der Waals surface area contributed by atoms with E-state index in [9.17, 15) is 13.5 Å². The summed E-state index contributed by atoms with van der Waals surface area (Å²) >= 11 is 0. The highest BCUT2D eigenvalue weighted by atomic mass is 32.2. The van der Waals surface area contributed by atoms with Crippen molar-refractivity contribution in [1.82, 2.24) is 4.72 Å². The smallest absolute Gasteiger partial charge is 0.244 e. The van der Waals surface area contributed by atoms with Gasteiger partial charge >= 0.3 is 0 Å². The van der Waals surface area contributed by atoms with Gasteiger partial charge in [0.1, 0.15) is 10.6 Å². The van der Waals surface area contributed by atoms with E-state index in [-0.39, 0.29) is 16.6 Å². The highest BCUT2D eigenvalue weighted by Crippen LogP contribution is 2.30. The molecule has 0 fully saturated rings. The van der Waals surface area contributed by atoms with Gasteiger partial charge in [-0.05, 0) is 47.9 Å². The lowest BCUT2D eigenvalue weighted by Crippen LogP contribution is -2.35. The van der Waals surface area contributed by atoms with Crippen LogP contribution in [-0.2, 0) is 29.3 Å². The maximum Gasteiger partial charge on any atom is 0.244 e. The van der Waals surface area contributed by atoms with Crippen LogP contribution in [0.3, 0.4) is 0 Å². The predicted molar refractivity (Wildman–Crippen MR) is 125 cm³/mol. The van der Waals surface area contributed by atoms with E-state index >= 15 is 0 Å². The number of hydrogen-bond donors (Lipinski definition) is 2. The number of rotatable bonds is 10. The Labute approximate surface area is 186 Å². The molecule has 3 rings (SSSR count). The lowest BCUT2D eigenvalue weighted by atomic mass is 9.90. The zero-order valence-electron chi connectivity index (χ0n) is 18.1. The average molecular weight is 437 g/mol. The minimum Gasteiger partial charge on any atom is -0.506 e. The summed E-state index contributed by atoms with van der Waals surface area (Å²) in [6, 6.07) is 25.5. The summed E-state index contributed by atoms with van der Waals surface area (Å²) in [6.07, 6.45) is 2.65. The molecule has 2 N–H and O–H groups in total. The lowest BCUT2D eigenvalue weighted by molar-refractivity contribution is 0.449. The second kappa shape index (κ2) is 10.6. The van der Waals surface area contributed by atoms with Crippen molar-refractivity contribution in [3.63, 3.8) is 0 Å². The standard InChI is InChI=1S/C26H30NO3S/c1-3-11-23-16-10-17-25(26(23)28)31(29,30)27-24(19-22-14-8-5-9-15-22)20(2)18-21-12-6-4-7-13-21/h4-10,12-17,20,27-28H,3,11,18-19H2,1-2H3/t20-/m1/s1. The Balaban J connectivity index is 1.89. The Morgan fingerprint density at radius 2 is 1.52 bits per heavy atom. The van der Waals surface area contributed by atoms with Crippen molar-refractivity contribution < 1.29 is 13.5 Å². The fourth-order valence-electron chi connectivity index (χ4n) is 3.70. The fraction of sp³-hybridized carbons (Fsp3) is 0.269. The molecule has 0 aliphatic carbocycles. The van der Waals surface area contributed by atoms with Crippen LogP contribution in [0.5, 0.6) is 5.75 Å². The molecule has 5 heteroatoms. The molecule has 0 aliphatic heterocycles. The minimum absolute atomic E-state index is 0.0293. The molecule has 0 heterocycles. The van der Waals surface area contributed by atoms with Gasteiger partial charge in [0.25, 0.3) is 0 Å². The van der Waals surface area contributed by atoms with Crippen molar-refractivity contribution in [2.24, 2.45) is 5.92 Å². The summed E-state index contributed by atoms with van der Waals surface area (Å²) < 4.78 is 29.4. The first-order chi connectivity index (χ1) is 14.9. The van der Waals surface area contributed by atoms with Gasteiger partial charge in [-0.2, -0.15) is 0 Å². The summed E-state index contributed by atoms with van der Waals surface area (Å²) in [7, 11) is -3.93. The molecule has 163 valence electrons. The van der Waals surface area contributed by atoms with Crippen LogP contribution >= 0.6 is 0 Å². The van der Waals surface area contributed by atoms with E-state index in [1.54, 1.807) is 12.1 Å². The summed E-state index contributed by atoms with van der Waals surface area (Å²) in [5.41, 5.74) is 2.82. The SMILES string of the molecule is CCCc1cccc(S(=O)(=O)N[C](Cc2ccccc2)[C@H](C)Cc2ccccc2)c1O. The van der Waals surface area contributed by atoms with Gasteiger partial charge < -0.3 is 5.11 Å². The number of phenols is 1. The third kappa shape index (κ3) is 6.18. The first-order valence-corrected chi connectivity index (χ1v) is 12.2. The van der Waals surface area contributed by atoms with Gasteiger partial charge in [-0.3, -0.25) is 0 Å². The van der Waals surface area contributed by atoms with Crippen LogP contribution in [0.15, 0.2) is 83.8 Å². The van der Waals surface area contributed by atoms with Crippen LogP contribution in [-0.4, -0.2) is 13.5 Å². The van der Waals surface area contributed by atoms with Gasteiger partial charge in [0.15, 0.2) is 0 Å². The van der Waals surface area contributed by atoms with E-state index in [2.05, 4.69) is 4.72 Å². The molecule has 31 heavy (non-hydrogen) atoms. The number of para-hydroxylation sites is 1. The Morgan fingerprint density at radius 1 is 0.903 bits per heavy atom. The van der Waals surface area contributed by atoms with E-state index in [1.165, 1.54) is 6.07 Å². The predicted octanol–water partition coefficient (Wildman–Crippen LogP) is 5.28. The van der Waals surface area contributed by atoms with Gasteiger partial charge in [0.2, 0.25) is 10.0 Å². The van der Waals surface area contributed by atoms with Crippen LogP contribution in [0.25, 0.3) is 0 Å². The molecule has 1 atom stereocenters. The highest BCUT2D eigenvalue weighted by Gasteiger charge is 2.28. The summed E-state index contributed by atoms with van der Waals surface area (Å²) in [4.78, 5) is -0.0732. The molecule has 0 aromatic heterocycles. The molecule has 0 spiro atoms. The monoisotopic (exact) mass is 436 g/mol. The topological polar surface area (TPSA) is 66.4 Å². The highest BCUT2D eigenvalue weighted by molar-refractivity contribution is 7.89. The molecule has 0 aliphatic rings. The van der Waals surface area contributed by atoms with Gasteiger partial charge in [0, 0.05) is 0 Å². The molecule has 0 unspecified atom stereocenters. The normalized spacial score (nSPS) is 12.7. The molecular formula is C26H30NO3S. The summed E-state index contributed by atoms with van der Waals surface area (Å²) in [6.45, 7) is 4.02. The molecule has 4 nitrogen and oxygen atoms in total. The maximum atomic E-state index is 13.3. The fourth-order valence-corrected chi connectivity index (χ4v) is 5.07. The number of hydrogen-bond acceptors (Lipinski definition) is 3. The van der Waals surface area contributed by atoms with Gasteiger partial charge in [-0.15, -0.1) is 0 Å². The Morgan fingerprint density at radius 3 is 2.13 bits per heavy atom. The zero-order chi connectivity index (χ0) is 22.3. The lowest BCUT2D eigenvalue weighted by Gasteiger charge is -2.25. The largest absolute Gasteiger partial charge is 0.506 e. The van der Waals surface area contributed by atoms with E-state index in [4.69, 9.17) is 0 Å². The third-order valence-electron chi connectivity index (χ3n) is 5.37. The van der Waals surface area contributed by atoms with E-state index in [1.807, 2.05) is 74.5 Å². The quantitative estimate of drug-likeness (QED) is 0.455. The van der Waals surface area contributed by atoms with Crippen molar-refractivity contribution in [2.45, 2.75) is 44.4 Å². The first kappa shape index (κ1) is 23.0. The van der Waals surface area contributed by atoms with Gasteiger partial charge in [-0.1, -0.05) is 93.1 Å². The maximum absolute atomic E-state index is 13.3. The minimum atomic E-state index is -3.93. The molecule has 0 saturated heterocycles. The molecule has 3 aromatic rings. The number of nitrogens with one attached hydrogen (secondary N) is 1. The van der Waals surface area contributed by atoms with Crippen LogP contribution in [0, 0.1) is 12.0 Å². The van der Waals surface area contributed by atoms with Crippen LogP contribution in [0.4, 0.5) is 0 Å². The molecule has 0 saturated carbocycles. The molecule has 0 bridgehead atoms.